The predicted molar refractivity (Wildman–Crippen MR) is 212 cm³/mol. The number of aromatic nitrogens is 3. The van der Waals surface area contributed by atoms with Gasteiger partial charge in [0, 0.05) is 67.1 Å². The third kappa shape index (κ3) is 9.72. The van der Waals surface area contributed by atoms with Gasteiger partial charge in [-0.2, -0.15) is 0 Å². The molecule has 56 heavy (non-hydrogen) atoms. The van der Waals surface area contributed by atoms with Crippen molar-refractivity contribution in [3.63, 3.8) is 0 Å². The van der Waals surface area contributed by atoms with Crippen LogP contribution in [0.2, 0.25) is 0 Å². The molecule has 0 amide bonds. The van der Waals surface area contributed by atoms with E-state index in [0.29, 0.717) is 77.2 Å². The summed E-state index contributed by atoms with van der Waals surface area (Å²) in [7, 11) is -4.57. The monoisotopic (exact) mass is 828 g/mol. The van der Waals surface area contributed by atoms with Gasteiger partial charge in [0.15, 0.2) is 16.4 Å². The van der Waals surface area contributed by atoms with Crippen LogP contribution in [0.3, 0.4) is 0 Å². The summed E-state index contributed by atoms with van der Waals surface area (Å²) in [6, 6.07) is 14.5. The summed E-state index contributed by atoms with van der Waals surface area (Å²) in [5, 5.41) is 4.04. The number of rotatable bonds is 15. The molecule has 5 aromatic rings. The van der Waals surface area contributed by atoms with E-state index in [2.05, 4.69) is 19.9 Å². The van der Waals surface area contributed by atoms with Crippen LogP contribution in [0.1, 0.15) is 37.6 Å². The van der Waals surface area contributed by atoms with Crippen LogP contribution in [-0.4, -0.2) is 88.7 Å². The van der Waals surface area contributed by atoms with Crippen molar-refractivity contribution in [2.75, 3.05) is 55.9 Å². The summed E-state index contributed by atoms with van der Waals surface area (Å²) >= 11 is 1.43. The van der Waals surface area contributed by atoms with E-state index < -0.39 is 36.4 Å². The highest BCUT2D eigenvalue weighted by Crippen LogP contribution is 2.43. The van der Waals surface area contributed by atoms with Crippen LogP contribution < -0.4 is 24.2 Å². The molecule has 298 valence electrons. The Morgan fingerprint density at radius 3 is 2.20 bits per heavy atom. The summed E-state index contributed by atoms with van der Waals surface area (Å²) in [6.07, 6.45) is 4.15. The van der Waals surface area contributed by atoms with Crippen LogP contribution >= 0.6 is 11.3 Å². The van der Waals surface area contributed by atoms with E-state index >= 15 is 0 Å². The maximum atomic E-state index is 14.4. The number of anilines is 3. The lowest BCUT2D eigenvalue weighted by Gasteiger charge is -2.32. The van der Waals surface area contributed by atoms with Crippen LogP contribution in [-0.2, 0) is 19.9 Å². The minimum Gasteiger partial charge on any atom is -0.493 e. The van der Waals surface area contributed by atoms with Crippen molar-refractivity contribution in [1.29, 1.82) is 0 Å². The molecule has 3 aromatic carbocycles. The van der Waals surface area contributed by atoms with Gasteiger partial charge in [-0.15, -0.1) is 11.3 Å². The summed E-state index contributed by atoms with van der Waals surface area (Å²) in [4.78, 5) is 15.9. The molecule has 0 atom stereocenters. The van der Waals surface area contributed by atoms with Crippen molar-refractivity contribution >= 4 is 48.5 Å². The first-order valence-corrected chi connectivity index (χ1v) is 22.0. The molecule has 18 heteroatoms. The van der Waals surface area contributed by atoms with E-state index in [1.165, 1.54) is 37.9 Å². The number of hydrogen-bond donors (Lipinski definition) is 2. The quantitative estimate of drug-likeness (QED) is 0.110. The zero-order valence-electron chi connectivity index (χ0n) is 31.4. The maximum Gasteiger partial charge on any atom is 0.267 e. The molecular formula is C38H42F2N6O7S3. The van der Waals surface area contributed by atoms with Crippen molar-refractivity contribution in [3.05, 3.63) is 83.5 Å². The number of nitrogens with zero attached hydrogens (tertiary/aromatic N) is 4. The van der Waals surface area contributed by atoms with Crippen LogP contribution in [0, 0.1) is 11.6 Å². The Morgan fingerprint density at radius 2 is 1.57 bits per heavy atom. The van der Waals surface area contributed by atoms with Crippen molar-refractivity contribution in [2.24, 2.45) is 0 Å². The molecule has 0 bridgehead atoms. The van der Waals surface area contributed by atoms with Gasteiger partial charge in [-0.1, -0.05) is 32.0 Å². The summed E-state index contributed by atoms with van der Waals surface area (Å²) < 4.78 is 98.2. The third-order valence-corrected chi connectivity index (χ3v) is 12.7. The van der Waals surface area contributed by atoms with Gasteiger partial charge in [-0.3, -0.25) is 4.72 Å². The van der Waals surface area contributed by atoms with Gasteiger partial charge in [0.2, 0.25) is 11.7 Å². The molecule has 0 aliphatic carbocycles. The minimum atomic E-state index is -4.60. The molecule has 1 aliphatic heterocycles. The third-order valence-electron chi connectivity index (χ3n) is 8.92. The fourth-order valence-corrected chi connectivity index (χ4v) is 8.92. The molecule has 0 radical (unpaired) electrons. The van der Waals surface area contributed by atoms with Crippen LogP contribution in [0.25, 0.3) is 21.8 Å². The highest BCUT2D eigenvalue weighted by Gasteiger charge is 2.27. The zero-order chi connectivity index (χ0) is 40.2. The minimum absolute atomic E-state index is 0.0609. The summed E-state index contributed by atoms with van der Waals surface area (Å²) in [5.41, 5.74) is 2.29. The molecule has 1 saturated heterocycles. The number of likely N-dealkylation sites (tertiary alicyclic amines) is 1. The van der Waals surface area contributed by atoms with Gasteiger partial charge in [0.1, 0.15) is 27.6 Å². The molecule has 1 aliphatic rings. The lowest BCUT2D eigenvalue weighted by molar-refractivity contribution is 0.0984. The number of piperidine rings is 1. The lowest BCUT2D eigenvalue weighted by Crippen LogP contribution is -2.40. The number of sulfone groups is 1. The molecular weight excluding hydrogens is 787 g/mol. The summed E-state index contributed by atoms with van der Waals surface area (Å²) in [5.74, 6) is -0.651. The smallest absolute Gasteiger partial charge is 0.267 e. The second-order valence-corrected chi connectivity index (χ2v) is 18.4. The Kier molecular flexibility index (Phi) is 12.4. The number of thiazole rings is 1. The Hall–Kier alpha value is -4.91. The average molecular weight is 829 g/mol. The number of nitrogens with one attached hydrogen (secondary N) is 2. The number of halogens is 2. The number of hydrogen-bond acceptors (Lipinski definition) is 13. The fourth-order valence-electron chi connectivity index (χ4n) is 6.08. The average Bonchev–Trinajstić information content (AvgIpc) is 3.61. The Morgan fingerprint density at radius 1 is 0.911 bits per heavy atom. The Balaban J connectivity index is 1.24. The largest absolute Gasteiger partial charge is 0.493 e. The first-order valence-electron chi connectivity index (χ1n) is 17.6. The van der Waals surface area contributed by atoms with E-state index in [-0.39, 0.29) is 29.4 Å². The SMILES string of the molecule is COc1cc(Nc2nccc(-c3sc(C(C)C)nc3-c3cccc(NS(=O)(=O)c4c(F)cccc4F)c3)n2)cc(OC)c1OC1CCN(CCS(C)(=O)=O)CC1. The van der Waals surface area contributed by atoms with Gasteiger partial charge in [0.25, 0.3) is 10.0 Å². The van der Waals surface area contributed by atoms with Crippen molar-refractivity contribution in [2.45, 2.75) is 43.6 Å². The van der Waals surface area contributed by atoms with Gasteiger partial charge >= 0.3 is 0 Å². The fraction of sp³-hybridized carbons (Fsp3) is 0.342. The van der Waals surface area contributed by atoms with E-state index in [1.54, 1.807) is 42.6 Å². The van der Waals surface area contributed by atoms with E-state index in [1.807, 2.05) is 13.8 Å². The zero-order valence-corrected chi connectivity index (χ0v) is 33.8. The lowest BCUT2D eigenvalue weighted by atomic mass is 10.1. The molecule has 2 aromatic heterocycles. The number of methoxy groups -OCH3 is 2. The molecule has 2 N–H and O–H groups in total. The van der Waals surface area contributed by atoms with Gasteiger partial charge < -0.3 is 24.4 Å². The van der Waals surface area contributed by atoms with E-state index in [0.717, 1.165) is 23.2 Å². The number of benzene rings is 3. The van der Waals surface area contributed by atoms with Gasteiger partial charge in [-0.05, 0) is 43.2 Å². The highest BCUT2D eigenvalue weighted by molar-refractivity contribution is 7.92. The predicted octanol–water partition coefficient (Wildman–Crippen LogP) is 7.12. The molecule has 1 fully saturated rings. The van der Waals surface area contributed by atoms with Crippen LogP contribution in [0.5, 0.6) is 17.2 Å². The number of ether oxygens (including phenoxy) is 3. The second-order valence-electron chi connectivity index (χ2n) is 13.5. The van der Waals surface area contributed by atoms with Crippen LogP contribution in [0.15, 0.2) is 71.8 Å². The Bertz CT molecular complexity index is 2380. The molecule has 3 heterocycles. The Labute approximate surface area is 329 Å². The highest BCUT2D eigenvalue weighted by atomic mass is 32.2. The molecule has 0 unspecified atom stereocenters. The van der Waals surface area contributed by atoms with Gasteiger partial charge in [-0.25, -0.2) is 40.6 Å². The first-order chi connectivity index (χ1) is 26.6. The first kappa shape index (κ1) is 40.7. The molecule has 0 spiro atoms. The van der Waals surface area contributed by atoms with Crippen molar-refractivity contribution in [3.8, 4) is 39.1 Å². The van der Waals surface area contributed by atoms with Crippen molar-refractivity contribution in [1.82, 2.24) is 19.9 Å². The van der Waals surface area contributed by atoms with Gasteiger partial charge in [0.05, 0.1) is 41.2 Å². The number of sulfonamides is 1. The molecule has 0 saturated carbocycles. The topological polar surface area (TPSA) is 162 Å². The molecule has 6 rings (SSSR count). The van der Waals surface area contributed by atoms with E-state index in [4.69, 9.17) is 24.2 Å². The van der Waals surface area contributed by atoms with E-state index in [9.17, 15) is 25.6 Å². The van der Waals surface area contributed by atoms with Crippen LogP contribution in [0.4, 0.5) is 26.1 Å². The van der Waals surface area contributed by atoms with Crippen molar-refractivity contribution < 1.29 is 39.8 Å². The summed E-state index contributed by atoms with van der Waals surface area (Å²) in [6.45, 7) is 5.92. The standard InChI is InChI=1S/C38H42F2N6O7S3/c1-23(2)37-44-33(24-8-6-9-25(20-24)45-56(49,50)36-28(39)10-7-11-29(36)40)35(54-37)30-12-15-41-38(43-30)42-26-21-31(51-3)34(32(22-26)52-4)53-27-13-16-46(17-14-27)18-19-55(5,47)48/h6-12,15,20-23,27,45H,13-14,16-19H2,1-5H3,(H,41,42,43). The molecule has 13 nitrogen and oxygen atoms in total. The second kappa shape index (κ2) is 17.1. The maximum absolute atomic E-state index is 14.4. The normalized spacial score (nSPS) is 14.1.